The van der Waals surface area contributed by atoms with Gasteiger partial charge >= 0.3 is 0 Å². The minimum atomic E-state index is -0.263. The minimum absolute atomic E-state index is 0.0689. The molecule has 1 heterocycles. The number of halogens is 1. The van der Waals surface area contributed by atoms with Gasteiger partial charge in [0, 0.05) is 37.4 Å². The molecule has 0 radical (unpaired) electrons. The molecule has 1 saturated heterocycles. The fourth-order valence-electron chi connectivity index (χ4n) is 3.73. The summed E-state index contributed by atoms with van der Waals surface area (Å²) in [6.07, 6.45) is 6.32. The van der Waals surface area contributed by atoms with Gasteiger partial charge in [-0.25, -0.2) is 4.39 Å². The van der Waals surface area contributed by atoms with E-state index in [0.29, 0.717) is 0 Å². The number of hydrogen-bond acceptors (Lipinski definition) is 3. The maximum absolute atomic E-state index is 12.9. The van der Waals surface area contributed by atoms with Crippen LogP contribution in [0.4, 0.5) is 15.8 Å². The van der Waals surface area contributed by atoms with Crippen molar-refractivity contribution in [3.63, 3.8) is 0 Å². The molecule has 1 fully saturated rings. The fourth-order valence-corrected chi connectivity index (χ4v) is 3.73. The number of benzene rings is 2. The monoisotopic (exact) mass is 395 g/mol. The zero-order valence-electron chi connectivity index (χ0n) is 17.3. The van der Waals surface area contributed by atoms with Crippen LogP contribution in [-0.2, 0) is 4.79 Å². The lowest BCUT2D eigenvalue weighted by Crippen LogP contribution is -2.37. The van der Waals surface area contributed by atoms with Crippen molar-refractivity contribution in [2.75, 3.05) is 43.9 Å². The molecule has 3 rings (SSSR count). The summed E-state index contributed by atoms with van der Waals surface area (Å²) in [6.45, 7) is 3.32. The molecule has 0 saturated carbocycles. The second-order valence-electron chi connectivity index (χ2n) is 7.95. The first kappa shape index (κ1) is 21.1. The van der Waals surface area contributed by atoms with E-state index in [-0.39, 0.29) is 18.1 Å². The van der Waals surface area contributed by atoms with Gasteiger partial charge in [-0.05, 0) is 74.8 Å². The highest BCUT2D eigenvalue weighted by Crippen LogP contribution is 2.25. The summed E-state index contributed by atoms with van der Waals surface area (Å²) < 4.78 is 12.9. The lowest BCUT2D eigenvalue weighted by molar-refractivity contribution is -0.115. The molecule has 29 heavy (non-hydrogen) atoms. The lowest BCUT2D eigenvalue weighted by Gasteiger charge is -2.34. The normalized spacial score (nSPS) is 15.2. The average molecular weight is 396 g/mol. The summed E-state index contributed by atoms with van der Waals surface area (Å²) in [7, 11) is 4.27. The second kappa shape index (κ2) is 10.2. The number of carbonyl (C=O) groups excluding carboxylic acids is 1. The Balaban J connectivity index is 1.45. The number of carbonyl (C=O) groups is 1. The molecule has 2 aromatic rings. The highest BCUT2D eigenvalue weighted by molar-refractivity contribution is 5.92. The topological polar surface area (TPSA) is 35.6 Å². The molecule has 2 aromatic carbocycles. The summed E-state index contributed by atoms with van der Waals surface area (Å²) in [4.78, 5) is 16.8. The molecule has 1 aliphatic heterocycles. The first-order valence-corrected chi connectivity index (χ1v) is 10.2. The summed E-state index contributed by atoms with van der Waals surface area (Å²) in [5, 5.41) is 2.92. The Bertz CT molecular complexity index is 807. The van der Waals surface area contributed by atoms with E-state index in [1.807, 2.05) is 18.2 Å². The number of nitrogens with one attached hydrogen (secondary N) is 1. The van der Waals surface area contributed by atoms with Gasteiger partial charge in [0.1, 0.15) is 5.82 Å². The van der Waals surface area contributed by atoms with Crippen LogP contribution in [0.5, 0.6) is 0 Å². The molecule has 0 spiro atoms. The van der Waals surface area contributed by atoms with Crippen molar-refractivity contribution < 1.29 is 9.18 Å². The number of nitrogens with zero attached hydrogens (tertiary/aromatic N) is 2. The maximum Gasteiger partial charge on any atom is 0.228 e. The molecule has 0 aliphatic carbocycles. The molecule has 0 aromatic heterocycles. The van der Waals surface area contributed by atoms with E-state index in [9.17, 15) is 9.18 Å². The van der Waals surface area contributed by atoms with Crippen LogP contribution in [0.2, 0.25) is 0 Å². The zero-order valence-corrected chi connectivity index (χ0v) is 17.3. The van der Waals surface area contributed by atoms with Crippen molar-refractivity contribution in [2.45, 2.75) is 19.3 Å². The molecule has 5 heteroatoms. The Hall–Kier alpha value is -2.66. The Kier molecular flexibility index (Phi) is 7.42. The average Bonchev–Trinajstić information content (AvgIpc) is 2.70. The molecule has 0 bridgehead atoms. The van der Waals surface area contributed by atoms with E-state index in [1.54, 1.807) is 18.2 Å². The zero-order chi connectivity index (χ0) is 20.6. The van der Waals surface area contributed by atoms with Gasteiger partial charge in [-0.1, -0.05) is 24.3 Å². The van der Waals surface area contributed by atoms with Gasteiger partial charge in [-0.15, -0.1) is 0 Å². The summed E-state index contributed by atoms with van der Waals surface area (Å²) >= 11 is 0. The highest BCUT2D eigenvalue weighted by Gasteiger charge is 2.19. The van der Waals surface area contributed by atoms with Gasteiger partial charge in [0.05, 0.1) is 0 Å². The van der Waals surface area contributed by atoms with Crippen LogP contribution < -0.4 is 10.2 Å². The first-order valence-electron chi connectivity index (χ1n) is 10.2. The van der Waals surface area contributed by atoms with Gasteiger partial charge in [0.25, 0.3) is 0 Å². The van der Waals surface area contributed by atoms with E-state index >= 15 is 0 Å². The molecular weight excluding hydrogens is 365 g/mol. The van der Waals surface area contributed by atoms with E-state index in [1.165, 1.54) is 30.7 Å². The van der Waals surface area contributed by atoms with Gasteiger partial charge in [0.2, 0.25) is 5.91 Å². The van der Waals surface area contributed by atoms with E-state index in [4.69, 9.17) is 0 Å². The SMILES string of the molecule is CN(C)CC1CCN(c2ccc(NC(=O)CC=Cc3ccc(F)cc3)cc2)CC1. The number of anilines is 2. The third-order valence-electron chi connectivity index (χ3n) is 5.24. The molecule has 154 valence electrons. The standard InChI is InChI=1S/C24H30FN3O/c1-27(2)18-20-14-16-28(17-15-20)23-12-10-22(11-13-23)26-24(29)5-3-4-19-6-8-21(25)9-7-19/h3-4,6-13,20H,5,14-18H2,1-2H3,(H,26,29). The molecular formula is C24H30FN3O. The van der Waals surface area contributed by atoms with Gasteiger partial charge in [-0.3, -0.25) is 4.79 Å². The summed E-state index contributed by atoms with van der Waals surface area (Å²) in [5.74, 6) is 0.449. The van der Waals surface area contributed by atoms with Crippen LogP contribution in [0.1, 0.15) is 24.8 Å². The predicted octanol–water partition coefficient (Wildman–Crippen LogP) is 4.65. The largest absolute Gasteiger partial charge is 0.372 e. The van der Waals surface area contributed by atoms with Crippen LogP contribution in [0, 0.1) is 11.7 Å². The van der Waals surface area contributed by atoms with Crippen molar-refractivity contribution in [2.24, 2.45) is 5.92 Å². The molecule has 4 nitrogen and oxygen atoms in total. The molecule has 0 unspecified atom stereocenters. The van der Waals surface area contributed by atoms with E-state index < -0.39 is 0 Å². The quantitative estimate of drug-likeness (QED) is 0.741. The Morgan fingerprint density at radius 3 is 2.38 bits per heavy atom. The molecule has 1 amide bonds. The molecule has 1 aliphatic rings. The third kappa shape index (κ3) is 6.71. The van der Waals surface area contributed by atoms with Gasteiger partial charge < -0.3 is 15.1 Å². The summed E-state index contributed by atoms with van der Waals surface area (Å²) in [6, 6.07) is 14.3. The fraction of sp³-hybridized carbons (Fsp3) is 0.375. The lowest BCUT2D eigenvalue weighted by atomic mass is 9.96. The second-order valence-corrected chi connectivity index (χ2v) is 7.95. The van der Waals surface area contributed by atoms with Gasteiger partial charge in [-0.2, -0.15) is 0 Å². The van der Waals surface area contributed by atoms with Crippen LogP contribution in [0.25, 0.3) is 6.08 Å². The smallest absolute Gasteiger partial charge is 0.228 e. The van der Waals surface area contributed by atoms with Crippen LogP contribution >= 0.6 is 0 Å². The number of amides is 1. The summed E-state index contributed by atoms with van der Waals surface area (Å²) in [5.41, 5.74) is 2.89. The van der Waals surface area contributed by atoms with Crippen molar-refractivity contribution in [3.05, 3.63) is 66.0 Å². The maximum atomic E-state index is 12.9. The number of rotatable bonds is 7. The van der Waals surface area contributed by atoms with Crippen molar-refractivity contribution in [1.82, 2.24) is 4.90 Å². The van der Waals surface area contributed by atoms with E-state index in [0.717, 1.165) is 36.8 Å². The third-order valence-corrected chi connectivity index (χ3v) is 5.24. The Labute approximate surface area is 173 Å². The van der Waals surface area contributed by atoms with Crippen molar-refractivity contribution in [1.29, 1.82) is 0 Å². The number of hydrogen-bond donors (Lipinski definition) is 1. The molecule has 1 N–H and O–H groups in total. The van der Waals surface area contributed by atoms with Crippen molar-refractivity contribution in [3.8, 4) is 0 Å². The van der Waals surface area contributed by atoms with Gasteiger partial charge in [0.15, 0.2) is 0 Å². The number of piperidine rings is 1. The van der Waals surface area contributed by atoms with Crippen LogP contribution in [-0.4, -0.2) is 44.5 Å². The molecule has 0 atom stereocenters. The Morgan fingerprint density at radius 2 is 1.76 bits per heavy atom. The van der Waals surface area contributed by atoms with Crippen LogP contribution in [0.15, 0.2) is 54.6 Å². The first-order chi connectivity index (χ1) is 14.0. The predicted molar refractivity (Wildman–Crippen MR) is 119 cm³/mol. The highest BCUT2D eigenvalue weighted by atomic mass is 19.1. The minimum Gasteiger partial charge on any atom is -0.372 e. The van der Waals surface area contributed by atoms with Crippen molar-refractivity contribution >= 4 is 23.4 Å². The Morgan fingerprint density at radius 1 is 1.10 bits per heavy atom. The van der Waals surface area contributed by atoms with E-state index in [2.05, 4.69) is 41.3 Å². The van der Waals surface area contributed by atoms with Crippen LogP contribution in [0.3, 0.4) is 0 Å².